The summed E-state index contributed by atoms with van der Waals surface area (Å²) >= 11 is 5.76. The third kappa shape index (κ3) is 4.82. The summed E-state index contributed by atoms with van der Waals surface area (Å²) in [4.78, 5) is 34.8. The Labute approximate surface area is 144 Å². The van der Waals surface area contributed by atoms with Crippen LogP contribution >= 0.6 is 11.6 Å². The van der Waals surface area contributed by atoms with Crippen molar-refractivity contribution in [2.75, 3.05) is 13.1 Å². The molecule has 6 nitrogen and oxygen atoms in total. The Hall–Kier alpha value is -2.86. The number of benzene rings is 2. The van der Waals surface area contributed by atoms with E-state index in [2.05, 4.69) is 10.6 Å². The van der Waals surface area contributed by atoms with Gasteiger partial charge in [0.15, 0.2) is 0 Å². The molecular weight excluding hydrogens is 330 g/mol. The molecule has 0 aliphatic heterocycles. The highest BCUT2D eigenvalue weighted by Gasteiger charge is 2.07. The molecule has 24 heavy (non-hydrogen) atoms. The number of nitrogens with two attached hydrogens (primary N) is 1. The minimum absolute atomic E-state index is 0.244. The fourth-order valence-electron chi connectivity index (χ4n) is 1.94. The van der Waals surface area contributed by atoms with Gasteiger partial charge in [0.05, 0.1) is 0 Å². The number of hydrogen-bond acceptors (Lipinski definition) is 3. The lowest BCUT2D eigenvalue weighted by Crippen LogP contribution is -2.34. The number of halogens is 1. The summed E-state index contributed by atoms with van der Waals surface area (Å²) in [6.45, 7) is 0.558. The monoisotopic (exact) mass is 345 g/mol. The average Bonchev–Trinajstić information content (AvgIpc) is 2.59. The Morgan fingerprint density at radius 3 is 1.54 bits per heavy atom. The maximum absolute atomic E-state index is 11.9. The van der Waals surface area contributed by atoms with Gasteiger partial charge >= 0.3 is 0 Å². The van der Waals surface area contributed by atoms with Gasteiger partial charge in [0.2, 0.25) is 5.91 Å². The van der Waals surface area contributed by atoms with Gasteiger partial charge in [-0.15, -0.1) is 0 Å². The quantitative estimate of drug-likeness (QED) is 0.693. The van der Waals surface area contributed by atoms with Gasteiger partial charge in [0, 0.05) is 34.8 Å². The normalized spacial score (nSPS) is 10.0. The maximum atomic E-state index is 11.9. The van der Waals surface area contributed by atoms with Crippen LogP contribution in [0.15, 0.2) is 48.5 Å². The van der Waals surface area contributed by atoms with Crippen LogP contribution in [-0.2, 0) is 0 Å². The number of primary amides is 1. The van der Waals surface area contributed by atoms with E-state index in [1.54, 1.807) is 24.3 Å². The number of amides is 3. The van der Waals surface area contributed by atoms with Crippen molar-refractivity contribution in [1.29, 1.82) is 0 Å². The number of rotatable bonds is 6. The summed E-state index contributed by atoms with van der Waals surface area (Å²) in [6, 6.07) is 12.5. The van der Waals surface area contributed by atoms with E-state index in [0.29, 0.717) is 21.7 Å². The molecule has 0 aromatic heterocycles. The first-order valence-corrected chi connectivity index (χ1v) is 7.57. The molecule has 0 bridgehead atoms. The summed E-state index contributed by atoms with van der Waals surface area (Å²) in [5.74, 6) is -1.09. The molecule has 0 fully saturated rings. The van der Waals surface area contributed by atoms with E-state index < -0.39 is 5.91 Å². The predicted molar refractivity (Wildman–Crippen MR) is 91.1 cm³/mol. The number of carbonyl (C=O) groups excluding carboxylic acids is 3. The summed E-state index contributed by atoms with van der Waals surface area (Å²) < 4.78 is 0. The van der Waals surface area contributed by atoms with Crippen molar-refractivity contribution >= 4 is 29.3 Å². The van der Waals surface area contributed by atoms with E-state index in [4.69, 9.17) is 17.3 Å². The Kier molecular flexibility index (Phi) is 5.92. The molecule has 0 saturated carbocycles. The predicted octanol–water partition coefficient (Wildman–Crippen LogP) is 1.60. The molecule has 3 amide bonds. The van der Waals surface area contributed by atoms with Gasteiger partial charge in [-0.1, -0.05) is 11.6 Å². The van der Waals surface area contributed by atoms with Crippen molar-refractivity contribution in [3.05, 3.63) is 70.2 Å². The molecule has 0 aliphatic rings. The van der Waals surface area contributed by atoms with Crippen LogP contribution in [0.2, 0.25) is 5.02 Å². The fraction of sp³-hybridized carbons (Fsp3) is 0.118. The minimum atomic E-state index is -0.549. The van der Waals surface area contributed by atoms with Gasteiger partial charge in [0.1, 0.15) is 0 Å². The standard InChI is InChI=1S/C17H16ClN3O3/c18-14-7-5-13(6-8-14)17(24)21-10-9-20-16(23)12-3-1-11(2-4-12)15(19)22/h1-8H,9-10H2,(H2,19,22)(H,20,23)(H,21,24). The first-order valence-electron chi connectivity index (χ1n) is 7.19. The van der Waals surface area contributed by atoms with E-state index in [1.165, 1.54) is 24.3 Å². The third-order valence-electron chi connectivity index (χ3n) is 3.23. The second-order valence-electron chi connectivity index (χ2n) is 4.96. The van der Waals surface area contributed by atoms with E-state index >= 15 is 0 Å². The van der Waals surface area contributed by atoms with Crippen molar-refractivity contribution in [1.82, 2.24) is 10.6 Å². The third-order valence-corrected chi connectivity index (χ3v) is 3.49. The Balaban J connectivity index is 1.77. The number of carbonyl (C=O) groups is 3. The number of hydrogen-bond donors (Lipinski definition) is 3. The highest BCUT2D eigenvalue weighted by Crippen LogP contribution is 2.09. The molecule has 0 atom stereocenters. The highest BCUT2D eigenvalue weighted by atomic mass is 35.5. The highest BCUT2D eigenvalue weighted by molar-refractivity contribution is 6.30. The molecule has 124 valence electrons. The minimum Gasteiger partial charge on any atom is -0.366 e. The van der Waals surface area contributed by atoms with Crippen molar-refractivity contribution in [2.24, 2.45) is 5.73 Å². The zero-order valence-corrected chi connectivity index (χ0v) is 13.5. The van der Waals surface area contributed by atoms with Crippen molar-refractivity contribution < 1.29 is 14.4 Å². The fourth-order valence-corrected chi connectivity index (χ4v) is 2.07. The summed E-state index contributed by atoms with van der Waals surface area (Å²) in [5.41, 5.74) is 6.37. The second kappa shape index (κ2) is 8.12. The van der Waals surface area contributed by atoms with Crippen LogP contribution in [0.25, 0.3) is 0 Å². The largest absolute Gasteiger partial charge is 0.366 e. The molecule has 2 aromatic carbocycles. The van der Waals surface area contributed by atoms with Crippen LogP contribution in [0.3, 0.4) is 0 Å². The van der Waals surface area contributed by atoms with Gasteiger partial charge in [-0.3, -0.25) is 14.4 Å². The lowest BCUT2D eigenvalue weighted by atomic mass is 10.1. The van der Waals surface area contributed by atoms with Crippen molar-refractivity contribution in [3.63, 3.8) is 0 Å². The van der Waals surface area contributed by atoms with Crippen LogP contribution in [0.5, 0.6) is 0 Å². The lowest BCUT2D eigenvalue weighted by molar-refractivity contribution is 0.0927. The topological polar surface area (TPSA) is 101 Å². The average molecular weight is 346 g/mol. The Morgan fingerprint density at radius 2 is 1.12 bits per heavy atom. The van der Waals surface area contributed by atoms with Gasteiger partial charge in [-0.2, -0.15) is 0 Å². The summed E-state index contributed by atoms with van der Waals surface area (Å²) in [5, 5.41) is 5.92. The van der Waals surface area contributed by atoms with Crippen LogP contribution in [-0.4, -0.2) is 30.8 Å². The lowest BCUT2D eigenvalue weighted by Gasteiger charge is -2.07. The molecule has 0 unspecified atom stereocenters. The van der Waals surface area contributed by atoms with Crippen LogP contribution in [0.4, 0.5) is 0 Å². The molecule has 7 heteroatoms. The first kappa shape index (κ1) is 17.5. The molecule has 0 radical (unpaired) electrons. The molecule has 2 rings (SSSR count). The zero-order valence-electron chi connectivity index (χ0n) is 12.7. The maximum Gasteiger partial charge on any atom is 0.251 e. The van der Waals surface area contributed by atoms with Gasteiger partial charge in [0.25, 0.3) is 11.8 Å². The summed E-state index contributed by atoms with van der Waals surface area (Å²) in [6.07, 6.45) is 0. The van der Waals surface area contributed by atoms with Crippen LogP contribution < -0.4 is 16.4 Å². The van der Waals surface area contributed by atoms with Crippen LogP contribution in [0, 0.1) is 0 Å². The number of nitrogens with one attached hydrogen (secondary N) is 2. The SMILES string of the molecule is NC(=O)c1ccc(C(=O)NCCNC(=O)c2ccc(Cl)cc2)cc1. The van der Waals surface area contributed by atoms with E-state index in [9.17, 15) is 14.4 Å². The molecular formula is C17H16ClN3O3. The molecule has 0 heterocycles. The summed E-state index contributed by atoms with van der Waals surface area (Å²) in [7, 11) is 0. The first-order chi connectivity index (χ1) is 11.5. The van der Waals surface area contributed by atoms with Gasteiger partial charge < -0.3 is 16.4 Å². The second-order valence-corrected chi connectivity index (χ2v) is 5.40. The molecule has 0 spiro atoms. The molecule has 0 aliphatic carbocycles. The van der Waals surface area contributed by atoms with Gasteiger partial charge in [-0.25, -0.2) is 0 Å². The zero-order chi connectivity index (χ0) is 17.5. The smallest absolute Gasteiger partial charge is 0.251 e. The Bertz CT molecular complexity index is 743. The van der Waals surface area contributed by atoms with Crippen LogP contribution in [0.1, 0.15) is 31.1 Å². The Morgan fingerprint density at radius 1 is 0.750 bits per heavy atom. The van der Waals surface area contributed by atoms with Crippen molar-refractivity contribution in [3.8, 4) is 0 Å². The van der Waals surface area contributed by atoms with Crippen molar-refractivity contribution in [2.45, 2.75) is 0 Å². The van der Waals surface area contributed by atoms with E-state index in [1.807, 2.05) is 0 Å². The van der Waals surface area contributed by atoms with E-state index in [-0.39, 0.29) is 24.9 Å². The van der Waals surface area contributed by atoms with Gasteiger partial charge in [-0.05, 0) is 48.5 Å². The molecule has 4 N–H and O–H groups in total. The molecule has 2 aromatic rings. The molecule has 0 saturated heterocycles. The van der Waals surface area contributed by atoms with E-state index in [0.717, 1.165) is 0 Å².